The fourth-order valence-corrected chi connectivity index (χ4v) is 2.01. The van der Waals surface area contributed by atoms with Crippen LogP contribution in [-0.2, 0) is 6.42 Å². The molecule has 0 aliphatic rings. The van der Waals surface area contributed by atoms with Crippen molar-refractivity contribution in [3.8, 4) is 0 Å². The number of aryl methyl sites for hydroxylation is 1. The molecule has 0 fully saturated rings. The van der Waals surface area contributed by atoms with Gasteiger partial charge in [0.1, 0.15) is 17.7 Å². The molecule has 2 N–H and O–H groups in total. The highest BCUT2D eigenvalue weighted by Crippen LogP contribution is 2.20. The van der Waals surface area contributed by atoms with Crippen molar-refractivity contribution in [1.29, 1.82) is 0 Å². The second kappa shape index (κ2) is 5.16. The first-order valence-corrected chi connectivity index (χ1v) is 6.35. The fraction of sp³-hybridized carbons (Fsp3) is 0.214. The number of H-pyrrole nitrogens is 1. The number of nitrogens with zero attached hydrogens (tertiary/aromatic N) is 2. The quantitative estimate of drug-likeness (QED) is 0.757. The molecule has 3 rings (SSSR count). The molecule has 0 atom stereocenters. The Morgan fingerprint density at radius 3 is 3.10 bits per heavy atom. The number of carbonyl (C=O) groups excluding carboxylic acids is 1. The lowest BCUT2D eigenvalue weighted by Crippen LogP contribution is -2.25. The van der Waals surface area contributed by atoms with E-state index in [2.05, 4.69) is 20.5 Å². The molecule has 0 spiro atoms. The van der Waals surface area contributed by atoms with Crippen molar-refractivity contribution in [3.05, 3.63) is 47.7 Å². The number of rotatable bonds is 4. The summed E-state index contributed by atoms with van der Waals surface area (Å²) < 4.78 is 5.52. The van der Waals surface area contributed by atoms with Crippen molar-refractivity contribution >= 4 is 16.9 Å². The van der Waals surface area contributed by atoms with E-state index in [-0.39, 0.29) is 5.91 Å². The maximum atomic E-state index is 12.0. The normalized spacial score (nSPS) is 10.8. The maximum Gasteiger partial charge on any atom is 0.287 e. The Kier molecular flexibility index (Phi) is 3.20. The predicted molar refractivity (Wildman–Crippen MR) is 73.4 cm³/mol. The summed E-state index contributed by atoms with van der Waals surface area (Å²) in [5, 5.41) is 10.2. The van der Waals surface area contributed by atoms with Gasteiger partial charge >= 0.3 is 0 Å². The third kappa shape index (κ3) is 2.54. The molecule has 6 nitrogen and oxygen atoms in total. The van der Waals surface area contributed by atoms with Gasteiger partial charge in [0.05, 0.1) is 0 Å². The molecule has 0 unspecified atom stereocenters. The van der Waals surface area contributed by atoms with E-state index < -0.39 is 0 Å². The van der Waals surface area contributed by atoms with E-state index in [0.29, 0.717) is 18.7 Å². The Labute approximate surface area is 115 Å². The minimum Gasteiger partial charge on any atom is -0.451 e. The lowest BCUT2D eigenvalue weighted by atomic mass is 10.2. The summed E-state index contributed by atoms with van der Waals surface area (Å²) in [4.78, 5) is 16.0. The molecule has 0 aliphatic heterocycles. The summed E-state index contributed by atoms with van der Waals surface area (Å²) in [5.74, 6) is 0.840. The molecule has 0 radical (unpaired) electrons. The van der Waals surface area contributed by atoms with Crippen LogP contribution in [0.4, 0.5) is 0 Å². The minimum absolute atomic E-state index is 0.224. The first kappa shape index (κ1) is 12.4. The Bertz CT molecular complexity index is 731. The van der Waals surface area contributed by atoms with Crippen molar-refractivity contribution in [2.24, 2.45) is 0 Å². The van der Waals surface area contributed by atoms with E-state index in [1.54, 1.807) is 6.07 Å². The van der Waals surface area contributed by atoms with Crippen LogP contribution in [0.5, 0.6) is 0 Å². The summed E-state index contributed by atoms with van der Waals surface area (Å²) in [6.45, 7) is 2.48. The molecule has 0 saturated heterocycles. The summed E-state index contributed by atoms with van der Waals surface area (Å²) in [7, 11) is 0. The van der Waals surface area contributed by atoms with Crippen molar-refractivity contribution in [2.75, 3.05) is 6.54 Å². The summed E-state index contributed by atoms with van der Waals surface area (Å²) >= 11 is 0. The SMILES string of the molecule is Cc1ccc2oc(C(=O)NCCc3ncn[nH]3)cc2c1. The van der Waals surface area contributed by atoms with Crippen LogP contribution in [0, 0.1) is 6.92 Å². The van der Waals surface area contributed by atoms with Gasteiger partial charge in [0, 0.05) is 18.4 Å². The number of nitrogens with one attached hydrogen (secondary N) is 2. The lowest BCUT2D eigenvalue weighted by Gasteiger charge is -2.00. The predicted octanol–water partition coefficient (Wildman–Crippen LogP) is 1.83. The van der Waals surface area contributed by atoms with Gasteiger partial charge in [0.15, 0.2) is 5.76 Å². The first-order chi connectivity index (χ1) is 9.72. The van der Waals surface area contributed by atoms with Crippen LogP contribution >= 0.6 is 0 Å². The maximum absolute atomic E-state index is 12.0. The molecule has 1 amide bonds. The van der Waals surface area contributed by atoms with Gasteiger partial charge in [-0.05, 0) is 25.1 Å². The van der Waals surface area contributed by atoms with E-state index >= 15 is 0 Å². The number of aromatic amines is 1. The molecule has 2 aromatic heterocycles. The zero-order valence-electron chi connectivity index (χ0n) is 11.0. The standard InChI is InChI=1S/C14H14N4O2/c1-9-2-3-11-10(6-9)7-12(20-11)14(19)15-5-4-13-16-8-17-18-13/h2-3,6-8H,4-5H2,1H3,(H,15,19)(H,16,17,18). The summed E-state index contributed by atoms with van der Waals surface area (Å²) in [5.41, 5.74) is 1.85. The second-order valence-electron chi connectivity index (χ2n) is 4.59. The van der Waals surface area contributed by atoms with E-state index in [0.717, 1.165) is 22.4 Å². The number of aromatic nitrogens is 3. The van der Waals surface area contributed by atoms with Crippen LogP contribution in [0.2, 0.25) is 0 Å². The number of benzene rings is 1. The third-order valence-electron chi connectivity index (χ3n) is 3.01. The van der Waals surface area contributed by atoms with Gasteiger partial charge in [0.25, 0.3) is 5.91 Å². The molecule has 0 bridgehead atoms. The number of fused-ring (bicyclic) bond motifs is 1. The zero-order valence-corrected chi connectivity index (χ0v) is 11.0. The number of hydrogen-bond acceptors (Lipinski definition) is 4. The average molecular weight is 270 g/mol. The van der Waals surface area contributed by atoms with Gasteiger partial charge in [-0.1, -0.05) is 11.6 Å². The molecule has 102 valence electrons. The van der Waals surface area contributed by atoms with Crippen LogP contribution in [0.1, 0.15) is 21.9 Å². The molecular formula is C14H14N4O2. The largest absolute Gasteiger partial charge is 0.451 e. The number of hydrogen-bond donors (Lipinski definition) is 2. The molecule has 6 heteroatoms. The van der Waals surface area contributed by atoms with Gasteiger partial charge in [-0.15, -0.1) is 0 Å². The van der Waals surface area contributed by atoms with Crippen LogP contribution in [0.25, 0.3) is 11.0 Å². The van der Waals surface area contributed by atoms with Gasteiger partial charge in [-0.3, -0.25) is 9.89 Å². The van der Waals surface area contributed by atoms with Crippen LogP contribution in [0.15, 0.2) is 35.0 Å². The minimum atomic E-state index is -0.224. The number of carbonyl (C=O) groups is 1. The molecule has 0 aliphatic carbocycles. The van der Waals surface area contributed by atoms with Crippen molar-refractivity contribution in [3.63, 3.8) is 0 Å². The zero-order chi connectivity index (χ0) is 13.9. The highest BCUT2D eigenvalue weighted by atomic mass is 16.3. The van der Waals surface area contributed by atoms with Gasteiger partial charge in [0.2, 0.25) is 0 Å². The Morgan fingerprint density at radius 1 is 1.40 bits per heavy atom. The number of furan rings is 1. The average Bonchev–Trinajstić information content (AvgIpc) is 3.06. The molecule has 3 aromatic rings. The first-order valence-electron chi connectivity index (χ1n) is 6.35. The Hall–Kier alpha value is -2.63. The van der Waals surface area contributed by atoms with E-state index in [9.17, 15) is 4.79 Å². The van der Waals surface area contributed by atoms with Gasteiger partial charge in [-0.2, -0.15) is 5.10 Å². The molecular weight excluding hydrogens is 256 g/mol. The van der Waals surface area contributed by atoms with E-state index in [1.807, 2.05) is 25.1 Å². The monoisotopic (exact) mass is 270 g/mol. The van der Waals surface area contributed by atoms with Gasteiger partial charge in [-0.25, -0.2) is 4.98 Å². The molecule has 20 heavy (non-hydrogen) atoms. The Morgan fingerprint density at radius 2 is 2.30 bits per heavy atom. The Balaban J connectivity index is 1.66. The van der Waals surface area contributed by atoms with Crippen LogP contribution < -0.4 is 5.32 Å². The van der Waals surface area contributed by atoms with Crippen molar-refractivity contribution < 1.29 is 9.21 Å². The van der Waals surface area contributed by atoms with Crippen molar-refractivity contribution in [2.45, 2.75) is 13.3 Å². The highest BCUT2D eigenvalue weighted by Gasteiger charge is 2.11. The molecule has 1 aromatic carbocycles. The topological polar surface area (TPSA) is 83.8 Å². The van der Waals surface area contributed by atoms with Crippen LogP contribution in [-0.4, -0.2) is 27.6 Å². The number of amides is 1. The lowest BCUT2D eigenvalue weighted by molar-refractivity contribution is 0.0928. The molecule has 2 heterocycles. The highest BCUT2D eigenvalue weighted by molar-refractivity contribution is 5.96. The van der Waals surface area contributed by atoms with Crippen LogP contribution in [0.3, 0.4) is 0 Å². The van der Waals surface area contributed by atoms with Gasteiger partial charge < -0.3 is 9.73 Å². The second-order valence-corrected chi connectivity index (χ2v) is 4.59. The van der Waals surface area contributed by atoms with Crippen molar-refractivity contribution in [1.82, 2.24) is 20.5 Å². The van der Waals surface area contributed by atoms with E-state index in [4.69, 9.17) is 4.42 Å². The summed E-state index contributed by atoms with van der Waals surface area (Å²) in [6, 6.07) is 7.57. The third-order valence-corrected chi connectivity index (χ3v) is 3.01. The smallest absolute Gasteiger partial charge is 0.287 e. The van der Waals surface area contributed by atoms with E-state index in [1.165, 1.54) is 6.33 Å². The summed E-state index contributed by atoms with van der Waals surface area (Å²) in [6.07, 6.45) is 2.05. The fourth-order valence-electron chi connectivity index (χ4n) is 2.01. The molecule has 0 saturated carbocycles.